The lowest BCUT2D eigenvalue weighted by molar-refractivity contribution is 0.178. The van der Waals surface area contributed by atoms with Crippen LogP contribution in [0, 0.1) is 11.8 Å². The minimum Gasteiger partial charge on any atom is -0.365 e. The molecule has 0 aliphatic heterocycles. The SMILES string of the molecule is CCN(c1ccccc1)C1(CN)CC(C)CC(C)C1. The molecule has 2 atom stereocenters. The Morgan fingerprint density at radius 2 is 1.74 bits per heavy atom. The fraction of sp³-hybridized carbons (Fsp3) is 0.647. The van der Waals surface area contributed by atoms with Crippen molar-refractivity contribution in [1.29, 1.82) is 0 Å². The molecule has 1 aromatic rings. The summed E-state index contributed by atoms with van der Waals surface area (Å²) in [4.78, 5) is 2.54. The first kappa shape index (κ1) is 14.4. The Bertz CT molecular complexity index is 378. The molecule has 0 amide bonds. The van der Waals surface area contributed by atoms with E-state index in [2.05, 4.69) is 56.0 Å². The Labute approximate surface area is 118 Å². The van der Waals surface area contributed by atoms with Gasteiger partial charge in [-0.1, -0.05) is 32.0 Å². The number of hydrogen-bond donors (Lipinski definition) is 1. The van der Waals surface area contributed by atoms with Crippen LogP contribution < -0.4 is 10.6 Å². The number of nitrogens with two attached hydrogens (primary N) is 1. The second-order valence-electron chi connectivity index (χ2n) is 6.36. The van der Waals surface area contributed by atoms with Crippen molar-refractivity contribution < 1.29 is 0 Å². The topological polar surface area (TPSA) is 29.3 Å². The van der Waals surface area contributed by atoms with Crippen molar-refractivity contribution in [2.45, 2.75) is 45.6 Å². The third kappa shape index (κ3) is 2.94. The van der Waals surface area contributed by atoms with Crippen LogP contribution in [0.25, 0.3) is 0 Å². The Kier molecular flexibility index (Phi) is 4.51. The molecule has 2 nitrogen and oxygen atoms in total. The van der Waals surface area contributed by atoms with Gasteiger partial charge in [-0.3, -0.25) is 0 Å². The van der Waals surface area contributed by atoms with Gasteiger partial charge in [0.2, 0.25) is 0 Å². The lowest BCUT2D eigenvalue weighted by Gasteiger charge is -2.50. The van der Waals surface area contributed by atoms with Gasteiger partial charge >= 0.3 is 0 Å². The molecule has 0 spiro atoms. The summed E-state index contributed by atoms with van der Waals surface area (Å²) in [6, 6.07) is 10.8. The summed E-state index contributed by atoms with van der Waals surface area (Å²) >= 11 is 0. The highest BCUT2D eigenvalue weighted by atomic mass is 15.2. The maximum atomic E-state index is 6.23. The number of nitrogens with zero attached hydrogens (tertiary/aromatic N) is 1. The molecule has 2 rings (SSSR count). The van der Waals surface area contributed by atoms with Crippen molar-refractivity contribution >= 4 is 5.69 Å². The number of anilines is 1. The zero-order valence-corrected chi connectivity index (χ0v) is 12.6. The summed E-state index contributed by atoms with van der Waals surface area (Å²) in [5, 5.41) is 0. The predicted molar refractivity (Wildman–Crippen MR) is 83.4 cm³/mol. The average molecular weight is 260 g/mol. The van der Waals surface area contributed by atoms with Crippen LogP contribution in [0.2, 0.25) is 0 Å². The molecule has 0 radical (unpaired) electrons. The van der Waals surface area contributed by atoms with Crippen LogP contribution in [0.3, 0.4) is 0 Å². The fourth-order valence-corrected chi connectivity index (χ4v) is 4.13. The van der Waals surface area contributed by atoms with Gasteiger partial charge in [0.15, 0.2) is 0 Å². The monoisotopic (exact) mass is 260 g/mol. The minimum absolute atomic E-state index is 0.146. The number of benzene rings is 1. The van der Waals surface area contributed by atoms with E-state index in [-0.39, 0.29) is 5.54 Å². The third-order valence-electron chi connectivity index (χ3n) is 4.60. The summed E-state index contributed by atoms with van der Waals surface area (Å²) in [6.45, 7) is 8.78. The first-order chi connectivity index (χ1) is 9.11. The van der Waals surface area contributed by atoms with Gasteiger partial charge in [-0.15, -0.1) is 0 Å². The molecule has 0 bridgehead atoms. The zero-order valence-electron chi connectivity index (χ0n) is 12.6. The van der Waals surface area contributed by atoms with E-state index in [9.17, 15) is 0 Å². The summed E-state index contributed by atoms with van der Waals surface area (Å²) < 4.78 is 0. The second kappa shape index (κ2) is 5.96. The molecular formula is C17H28N2. The minimum atomic E-state index is 0.146. The molecule has 1 aliphatic carbocycles. The average Bonchev–Trinajstić information content (AvgIpc) is 2.39. The standard InChI is InChI=1S/C17H28N2/c1-4-19(16-8-6-5-7-9-16)17(13-18)11-14(2)10-15(3)12-17/h5-9,14-15H,4,10-13,18H2,1-3H3. The number of para-hydroxylation sites is 1. The summed E-state index contributed by atoms with van der Waals surface area (Å²) in [6.07, 6.45) is 3.78. The number of rotatable bonds is 4. The van der Waals surface area contributed by atoms with Gasteiger partial charge in [0, 0.05) is 18.8 Å². The van der Waals surface area contributed by atoms with Crippen molar-refractivity contribution in [3.8, 4) is 0 Å². The lowest BCUT2D eigenvalue weighted by atomic mass is 9.70. The van der Waals surface area contributed by atoms with Crippen molar-refractivity contribution in [1.82, 2.24) is 0 Å². The summed E-state index contributed by atoms with van der Waals surface area (Å²) in [5.74, 6) is 1.54. The Morgan fingerprint density at radius 3 is 2.21 bits per heavy atom. The highest BCUT2D eigenvalue weighted by Gasteiger charge is 2.41. The zero-order chi connectivity index (χ0) is 13.9. The second-order valence-corrected chi connectivity index (χ2v) is 6.36. The van der Waals surface area contributed by atoms with Crippen LogP contribution in [0.4, 0.5) is 5.69 Å². The van der Waals surface area contributed by atoms with Gasteiger partial charge in [-0.25, -0.2) is 0 Å². The lowest BCUT2D eigenvalue weighted by Crippen LogP contribution is -2.57. The number of hydrogen-bond acceptors (Lipinski definition) is 2. The Balaban J connectivity index is 2.32. The quantitative estimate of drug-likeness (QED) is 0.895. The van der Waals surface area contributed by atoms with Crippen molar-refractivity contribution in [2.24, 2.45) is 17.6 Å². The van der Waals surface area contributed by atoms with E-state index in [1.165, 1.54) is 24.9 Å². The van der Waals surface area contributed by atoms with Crippen molar-refractivity contribution in [3.63, 3.8) is 0 Å². The van der Waals surface area contributed by atoms with Crippen LogP contribution >= 0.6 is 0 Å². The predicted octanol–water partition coefficient (Wildman–Crippen LogP) is 3.67. The summed E-state index contributed by atoms with van der Waals surface area (Å²) in [7, 11) is 0. The molecule has 2 unspecified atom stereocenters. The first-order valence-electron chi connectivity index (χ1n) is 7.64. The Hall–Kier alpha value is -1.02. The summed E-state index contributed by atoms with van der Waals surface area (Å²) in [5.41, 5.74) is 7.70. The van der Waals surface area contributed by atoms with Crippen molar-refractivity contribution in [2.75, 3.05) is 18.0 Å². The van der Waals surface area contributed by atoms with Crippen LogP contribution in [0.15, 0.2) is 30.3 Å². The normalized spacial score (nSPS) is 31.2. The molecule has 2 N–H and O–H groups in total. The molecule has 1 aliphatic rings. The molecule has 0 heterocycles. The molecule has 1 saturated carbocycles. The van der Waals surface area contributed by atoms with Gasteiger partial charge in [-0.2, -0.15) is 0 Å². The molecule has 2 heteroatoms. The third-order valence-corrected chi connectivity index (χ3v) is 4.60. The van der Waals surface area contributed by atoms with E-state index in [1.54, 1.807) is 0 Å². The van der Waals surface area contributed by atoms with Gasteiger partial charge in [-0.05, 0) is 50.2 Å². The molecule has 1 aromatic carbocycles. The van der Waals surface area contributed by atoms with E-state index in [0.717, 1.165) is 24.9 Å². The van der Waals surface area contributed by atoms with Crippen LogP contribution in [0.5, 0.6) is 0 Å². The molecule has 19 heavy (non-hydrogen) atoms. The van der Waals surface area contributed by atoms with E-state index < -0.39 is 0 Å². The van der Waals surface area contributed by atoms with Crippen LogP contribution in [-0.2, 0) is 0 Å². The van der Waals surface area contributed by atoms with E-state index >= 15 is 0 Å². The fourth-order valence-electron chi connectivity index (χ4n) is 4.13. The van der Waals surface area contributed by atoms with Gasteiger partial charge < -0.3 is 10.6 Å². The maximum absolute atomic E-state index is 6.23. The highest BCUT2D eigenvalue weighted by molar-refractivity contribution is 5.49. The van der Waals surface area contributed by atoms with E-state index in [1.807, 2.05) is 0 Å². The largest absolute Gasteiger partial charge is 0.365 e. The molecule has 0 aromatic heterocycles. The van der Waals surface area contributed by atoms with Gasteiger partial charge in [0.05, 0.1) is 5.54 Å². The van der Waals surface area contributed by atoms with E-state index in [4.69, 9.17) is 5.73 Å². The molecule has 0 saturated heterocycles. The first-order valence-corrected chi connectivity index (χ1v) is 7.64. The van der Waals surface area contributed by atoms with Crippen LogP contribution in [0.1, 0.15) is 40.0 Å². The maximum Gasteiger partial charge on any atom is 0.0529 e. The number of likely N-dealkylation sites (N-methyl/N-ethyl adjacent to an activating group) is 1. The smallest absolute Gasteiger partial charge is 0.0529 e. The Morgan fingerprint density at radius 1 is 1.16 bits per heavy atom. The molecule has 1 fully saturated rings. The van der Waals surface area contributed by atoms with Crippen LogP contribution in [-0.4, -0.2) is 18.6 Å². The molecular weight excluding hydrogens is 232 g/mol. The van der Waals surface area contributed by atoms with Gasteiger partial charge in [0.25, 0.3) is 0 Å². The van der Waals surface area contributed by atoms with E-state index in [0.29, 0.717) is 0 Å². The highest BCUT2D eigenvalue weighted by Crippen LogP contribution is 2.41. The molecule has 106 valence electrons. The van der Waals surface area contributed by atoms with Crippen molar-refractivity contribution in [3.05, 3.63) is 30.3 Å². The van der Waals surface area contributed by atoms with Gasteiger partial charge in [0.1, 0.15) is 0 Å².